The predicted molar refractivity (Wildman–Crippen MR) is 64.9 cm³/mol. The van der Waals surface area contributed by atoms with Gasteiger partial charge in [-0.2, -0.15) is 0 Å². The SMILES string of the molecule is Nc1ncnc2c(C(=O)O)cc(C#CCO)cc12. The lowest BCUT2D eigenvalue weighted by Crippen LogP contribution is -2.02. The van der Waals surface area contributed by atoms with E-state index >= 15 is 0 Å². The van der Waals surface area contributed by atoms with Crippen LogP contribution < -0.4 is 5.73 Å². The molecule has 0 atom stereocenters. The highest BCUT2D eigenvalue weighted by atomic mass is 16.4. The van der Waals surface area contributed by atoms with Crippen LogP contribution in [0.1, 0.15) is 15.9 Å². The van der Waals surface area contributed by atoms with Gasteiger partial charge in [0.15, 0.2) is 0 Å². The lowest BCUT2D eigenvalue weighted by molar-refractivity contribution is 0.0699. The number of carboxylic acid groups (broad SMARTS) is 1. The average Bonchev–Trinajstić information content (AvgIpc) is 2.36. The smallest absolute Gasteiger partial charge is 0.337 e. The first kappa shape index (κ1) is 11.8. The van der Waals surface area contributed by atoms with Crippen LogP contribution in [0.15, 0.2) is 18.5 Å². The summed E-state index contributed by atoms with van der Waals surface area (Å²) in [6, 6.07) is 2.99. The second-order valence-electron chi connectivity index (χ2n) is 3.44. The van der Waals surface area contributed by atoms with E-state index in [1.807, 2.05) is 0 Å². The number of hydrogen-bond donors (Lipinski definition) is 3. The summed E-state index contributed by atoms with van der Waals surface area (Å²) in [7, 11) is 0. The first-order valence-corrected chi connectivity index (χ1v) is 5.00. The van der Waals surface area contributed by atoms with E-state index in [0.717, 1.165) is 0 Å². The van der Waals surface area contributed by atoms with E-state index in [-0.39, 0.29) is 23.5 Å². The molecule has 0 saturated carbocycles. The third-order valence-electron chi connectivity index (χ3n) is 2.31. The van der Waals surface area contributed by atoms with Gasteiger partial charge < -0.3 is 15.9 Å². The van der Waals surface area contributed by atoms with Gasteiger partial charge in [-0.15, -0.1) is 0 Å². The summed E-state index contributed by atoms with van der Waals surface area (Å²) in [6.07, 6.45) is 1.21. The average molecular weight is 243 g/mol. The fourth-order valence-electron chi connectivity index (χ4n) is 1.56. The Morgan fingerprint density at radius 2 is 2.17 bits per heavy atom. The van der Waals surface area contributed by atoms with Crippen molar-refractivity contribution in [1.29, 1.82) is 0 Å². The van der Waals surface area contributed by atoms with Crippen molar-refractivity contribution in [1.82, 2.24) is 9.97 Å². The number of fused-ring (bicyclic) bond motifs is 1. The molecule has 1 aromatic carbocycles. The molecule has 6 heteroatoms. The molecule has 0 unspecified atom stereocenters. The van der Waals surface area contributed by atoms with Crippen molar-refractivity contribution in [3.8, 4) is 11.8 Å². The van der Waals surface area contributed by atoms with Crippen molar-refractivity contribution in [2.75, 3.05) is 12.3 Å². The Kier molecular flexibility index (Phi) is 3.08. The number of hydrogen-bond acceptors (Lipinski definition) is 5. The molecule has 0 amide bonds. The Hall–Kier alpha value is -2.65. The predicted octanol–water partition coefficient (Wildman–Crippen LogP) is 0.254. The van der Waals surface area contributed by atoms with Crippen molar-refractivity contribution in [3.63, 3.8) is 0 Å². The van der Waals surface area contributed by atoms with Crippen molar-refractivity contribution < 1.29 is 15.0 Å². The van der Waals surface area contributed by atoms with E-state index in [9.17, 15) is 4.79 Å². The van der Waals surface area contributed by atoms with Crippen molar-refractivity contribution in [3.05, 3.63) is 29.6 Å². The first-order valence-electron chi connectivity index (χ1n) is 5.00. The maximum absolute atomic E-state index is 11.2. The minimum atomic E-state index is -1.12. The molecule has 90 valence electrons. The van der Waals surface area contributed by atoms with Crippen LogP contribution in [0, 0.1) is 11.8 Å². The van der Waals surface area contributed by atoms with Gasteiger partial charge in [-0.1, -0.05) is 11.8 Å². The molecule has 4 N–H and O–H groups in total. The number of carbonyl (C=O) groups is 1. The quantitative estimate of drug-likeness (QED) is 0.619. The molecule has 0 aliphatic carbocycles. The van der Waals surface area contributed by atoms with Crippen LogP contribution in [-0.2, 0) is 0 Å². The number of carboxylic acids is 1. The van der Waals surface area contributed by atoms with Gasteiger partial charge in [0.2, 0.25) is 0 Å². The molecule has 6 nitrogen and oxygen atoms in total. The third kappa shape index (κ3) is 2.07. The highest BCUT2D eigenvalue weighted by Gasteiger charge is 2.13. The summed E-state index contributed by atoms with van der Waals surface area (Å²) in [5.41, 5.74) is 6.39. The molecule has 1 heterocycles. The fourth-order valence-corrected chi connectivity index (χ4v) is 1.56. The normalized spacial score (nSPS) is 9.83. The lowest BCUT2D eigenvalue weighted by atomic mass is 10.1. The molecule has 18 heavy (non-hydrogen) atoms. The Morgan fingerprint density at radius 1 is 1.39 bits per heavy atom. The van der Waals surface area contributed by atoms with Crippen LogP contribution >= 0.6 is 0 Å². The molecular weight excluding hydrogens is 234 g/mol. The molecule has 0 aliphatic rings. The Labute approximate surface area is 102 Å². The second kappa shape index (κ2) is 4.69. The summed E-state index contributed by atoms with van der Waals surface area (Å²) in [6.45, 7) is -0.304. The third-order valence-corrected chi connectivity index (χ3v) is 2.31. The van der Waals surface area contributed by atoms with E-state index < -0.39 is 5.97 Å². The minimum absolute atomic E-state index is 0.00356. The van der Waals surface area contributed by atoms with Crippen LogP contribution in [0.5, 0.6) is 0 Å². The summed E-state index contributed by atoms with van der Waals surface area (Å²) >= 11 is 0. The minimum Gasteiger partial charge on any atom is -0.478 e. The number of nitrogens with two attached hydrogens (primary N) is 1. The Morgan fingerprint density at radius 3 is 2.83 bits per heavy atom. The van der Waals surface area contributed by atoms with Crippen LogP contribution in [0.3, 0.4) is 0 Å². The maximum Gasteiger partial charge on any atom is 0.337 e. The van der Waals surface area contributed by atoms with E-state index in [1.54, 1.807) is 6.07 Å². The zero-order valence-electron chi connectivity index (χ0n) is 9.21. The van der Waals surface area contributed by atoms with Crippen molar-refractivity contribution in [2.24, 2.45) is 0 Å². The Balaban J connectivity index is 2.79. The van der Waals surface area contributed by atoms with E-state index in [2.05, 4.69) is 21.8 Å². The van der Waals surface area contributed by atoms with Gasteiger partial charge in [0, 0.05) is 10.9 Å². The molecule has 0 bridgehead atoms. The number of anilines is 1. The standard InChI is InChI=1S/C12H9N3O3/c13-11-8-4-7(2-1-3-16)5-9(12(17)18)10(8)14-6-15-11/h4-6,16H,3H2,(H,17,18)(H2,13,14,15). The number of benzene rings is 1. The molecule has 2 rings (SSSR count). The topological polar surface area (TPSA) is 109 Å². The van der Waals surface area contributed by atoms with Crippen LogP contribution in [0.25, 0.3) is 10.9 Å². The first-order chi connectivity index (χ1) is 8.63. The molecule has 0 aliphatic heterocycles. The number of nitrogen functional groups attached to an aromatic ring is 1. The highest BCUT2D eigenvalue weighted by Crippen LogP contribution is 2.22. The largest absolute Gasteiger partial charge is 0.478 e. The fraction of sp³-hybridized carbons (Fsp3) is 0.0833. The summed E-state index contributed by atoms with van der Waals surface area (Å²) < 4.78 is 0. The van der Waals surface area contributed by atoms with Gasteiger partial charge in [0.25, 0.3) is 0 Å². The molecule has 0 spiro atoms. The molecule has 0 fully saturated rings. The number of rotatable bonds is 1. The van der Waals surface area contributed by atoms with Crippen LogP contribution in [0.2, 0.25) is 0 Å². The van der Waals surface area contributed by atoms with Crippen LogP contribution in [-0.4, -0.2) is 32.8 Å². The van der Waals surface area contributed by atoms with Gasteiger partial charge in [0.1, 0.15) is 18.8 Å². The second-order valence-corrected chi connectivity index (χ2v) is 3.44. The lowest BCUT2D eigenvalue weighted by Gasteiger charge is -2.04. The zero-order chi connectivity index (χ0) is 13.1. The summed E-state index contributed by atoms with van der Waals surface area (Å²) in [5.74, 6) is 4.15. The maximum atomic E-state index is 11.2. The van der Waals surface area contributed by atoms with Gasteiger partial charge in [-0.05, 0) is 12.1 Å². The highest BCUT2D eigenvalue weighted by molar-refractivity contribution is 6.04. The van der Waals surface area contributed by atoms with Gasteiger partial charge in [-0.3, -0.25) is 0 Å². The summed E-state index contributed by atoms with van der Waals surface area (Å²) in [5, 5.41) is 18.2. The zero-order valence-corrected chi connectivity index (χ0v) is 9.21. The number of aliphatic hydroxyl groups is 1. The molecular formula is C12H9N3O3. The number of aliphatic hydroxyl groups excluding tert-OH is 1. The van der Waals surface area contributed by atoms with Crippen molar-refractivity contribution >= 4 is 22.7 Å². The number of aromatic nitrogens is 2. The van der Waals surface area contributed by atoms with Gasteiger partial charge in [0.05, 0.1) is 11.1 Å². The number of nitrogens with zero attached hydrogens (tertiary/aromatic N) is 2. The molecule has 1 aromatic heterocycles. The number of aromatic carboxylic acids is 1. The molecule has 0 radical (unpaired) electrons. The molecule has 0 saturated heterocycles. The van der Waals surface area contributed by atoms with Crippen molar-refractivity contribution in [2.45, 2.75) is 0 Å². The summed E-state index contributed by atoms with van der Waals surface area (Å²) in [4.78, 5) is 18.9. The van der Waals surface area contributed by atoms with E-state index in [4.69, 9.17) is 15.9 Å². The monoisotopic (exact) mass is 243 g/mol. The van der Waals surface area contributed by atoms with Gasteiger partial charge >= 0.3 is 5.97 Å². The molecule has 2 aromatic rings. The Bertz CT molecular complexity index is 686. The van der Waals surface area contributed by atoms with Gasteiger partial charge in [-0.25, -0.2) is 14.8 Å². The van der Waals surface area contributed by atoms with E-state index in [1.165, 1.54) is 12.4 Å². The van der Waals surface area contributed by atoms with E-state index in [0.29, 0.717) is 10.9 Å². The van der Waals surface area contributed by atoms with Crippen LogP contribution in [0.4, 0.5) is 5.82 Å².